The van der Waals surface area contributed by atoms with E-state index in [1.165, 1.54) is 0 Å². The smallest absolute Gasteiger partial charge is 0.306 e. The van der Waals surface area contributed by atoms with Crippen LogP contribution in [0.1, 0.15) is 51.1 Å². The second-order valence-electron chi connectivity index (χ2n) is 8.19. The molecule has 0 radical (unpaired) electrons. The lowest BCUT2D eigenvalue weighted by Crippen LogP contribution is -2.39. The van der Waals surface area contributed by atoms with Gasteiger partial charge in [-0.3, -0.25) is 9.59 Å². The van der Waals surface area contributed by atoms with Gasteiger partial charge in [0.1, 0.15) is 0 Å². The van der Waals surface area contributed by atoms with Crippen molar-refractivity contribution in [3.8, 4) is 0 Å². The highest BCUT2D eigenvalue weighted by Crippen LogP contribution is 2.16. The fourth-order valence-corrected chi connectivity index (χ4v) is 3.28. The van der Waals surface area contributed by atoms with Crippen molar-refractivity contribution in [2.75, 3.05) is 25.4 Å². The van der Waals surface area contributed by atoms with Gasteiger partial charge >= 0.3 is 5.97 Å². The number of fused-ring (bicyclic) bond motifs is 1. The number of nitrogens with two attached hydrogens (primary N) is 1. The predicted molar refractivity (Wildman–Crippen MR) is 110 cm³/mol. The number of hydrogen-bond donors (Lipinski definition) is 1. The standard InChI is InChI=1S/C20H32N6O3/c1-12(2)9-25(10-13(3)4)17(27)11-29-18(28)8-7-16-14(5)22-20-23-19(21)24-26(20)15(16)6/h12-13H,7-11H2,1-6H3,(H2,21,24). The molecule has 160 valence electrons. The van der Waals surface area contributed by atoms with E-state index in [-0.39, 0.29) is 24.9 Å². The Morgan fingerprint density at radius 3 is 2.31 bits per heavy atom. The molecule has 9 heteroatoms. The lowest BCUT2D eigenvalue weighted by molar-refractivity contribution is -0.152. The first-order valence-electron chi connectivity index (χ1n) is 10.00. The summed E-state index contributed by atoms with van der Waals surface area (Å²) in [6.07, 6.45) is 0.593. The first kappa shape index (κ1) is 22.6. The van der Waals surface area contributed by atoms with Crippen molar-refractivity contribution in [3.63, 3.8) is 0 Å². The minimum atomic E-state index is -0.413. The van der Waals surface area contributed by atoms with Crippen LogP contribution >= 0.6 is 0 Å². The molecule has 2 aromatic rings. The van der Waals surface area contributed by atoms with Crippen molar-refractivity contribution in [1.82, 2.24) is 24.5 Å². The number of ether oxygens (including phenoxy) is 1. The molecule has 0 spiro atoms. The Kier molecular flexibility index (Phi) is 7.53. The van der Waals surface area contributed by atoms with Gasteiger partial charge in [0, 0.05) is 30.9 Å². The number of amides is 1. The minimum Gasteiger partial charge on any atom is -0.456 e. The van der Waals surface area contributed by atoms with Crippen LogP contribution in [0.25, 0.3) is 5.78 Å². The number of esters is 1. The van der Waals surface area contributed by atoms with E-state index < -0.39 is 5.97 Å². The van der Waals surface area contributed by atoms with E-state index in [4.69, 9.17) is 10.5 Å². The Hall–Kier alpha value is -2.71. The van der Waals surface area contributed by atoms with E-state index in [1.807, 2.05) is 13.8 Å². The third-order valence-corrected chi connectivity index (χ3v) is 4.52. The lowest BCUT2D eigenvalue weighted by Gasteiger charge is -2.26. The first-order valence-corrected chi connectivity index (χ1v) is 10.00. The molecule has 0 atom stereocenters. The van der Waals surface area contributed by atoms with E-state index >= 15 is 0 Å². The molecule has 2 heterocycles. The van der Waals surface area contributed by atoms with Gasteiger partial charge in [-0.05, 0) is 37.7 Å². The Morgan fingerprint density at radius 1 is 1.10 bits per heavy atom. The van der Waals surface area contributed by atoms with Crippen LogP contribution in [-0.4, -0.2) is 56.1 Å². The average molecular weight is 405 g/mol. The fourth-order valence-electron chi connectivity index (χ4n) is 3.28. The quantitative estimate of drug-likeness (QED) is 0.635. The molecular weight excluding hydrogens is 372 g/mol. The molecule has 0 saturated carbocycles. The first-order chi connectivity index (χ1) is 13.6. The van der Waals surface area contributed by atoms with Crippen molar-refractivity contribution < 1.29 is 14.3 Å². The molecule has 0 bridgehead atoms. The van der Waals surface area contributed by atoms with Crippen molar-refractivity contribution in [2.24, 2.45) is 11.8 Å². The zero-order chi connectivity index (χ0) is 21.7. The number of rotatable bonds is 9. The summed E-state index contributed by atoms with van der Waals surface area (Å²) in [5.41, 5.74) is 8.14. The summed E-state index contributed by atoms with van der Waals surface area (Å²) in [6.45, 7) is 13.1. The van der Waals surface area contributed by atoms with Gasteiger partial charge in [0.05, 0.1) is 0 Å². The molecule has 9 nitrogen and oxygen atoms in total. The topological polar surface area (TPSA) is 116 Å². The van der Waals surface area contributed by atoms with Gasteiger partial charge in [-0.25, -0.2) is 4.98 Å². The zero-order valence-electron chi connectivity index (χ0n) is 18.2. The molecule has 2 N–H and O–H groups in total. The predicted octanol–water partition coefficient (Wildman–Crippen LogP) is 1.94. The van der Waals surface area contributed by atoms with E-state index in [9.17, 15) is 9.59 Å². The molecule has 0 aromatic carbocycles. The molecule has 0 aliphatic heterocycles. The van der Waals surface area contributed by atoms with Crippen LogP contribution in [-0.2, 0) is 20.7 Å². The van der Waals surface area contributed by atoms with Gasteiger partial charge in [0.25, 0.3) is 11.7 Å². The van der Waals surface area contributed by atoms with E-state index in [0.717, 1.165) is 17.0 Å². The normalized spacial score (nSPS) is 11.4. The number of hydrogen-bond acceptors (Lipinski definition) is 7. The number of carbonyl (C=O) groups is 2. The Balaban J connectivity index is 1.94. The molecular formula is C20H32N6O3. The minimum absolute atomic E-state index is 0.153. The zero-order valence-corrected chi connectivity index (χ0v) is 18.2. The second kappa shape index (κ2) is 9.67. The van der Waals surface area contributed by atoms with Crippen molar-refractivity contribution in [3.05, 3.63) is 17.0 Å². The van der Waals surface area contributed by atoms with Crippen molar-refractivity contribution in [1.29, 1.82) is 0 Å². The maximum Gasteiger partial charge on any atom is 0.306 e. The van der Waals surface area contributed by atoms with E-state index in [0.29, 0.717) is 37.1 Å². The van der Waals surface area contributed by atoms with Crippen LogP contribution in [0.2, 0.25) is 0 Å². The van der Waals surface area contributed by atoms with Crippen LogP contribution in [0.5, 0.6) is 0 Å². The largest absolute Gasteiger partial charge is 0.456 e. The fraction of sp³-hybridized carbons (Fsp3) is 0.650. The SMILES string of the molecule is Cc1nc2nc(N)nn2c(C)c1CCC(=O)OCC(=O)N(CC(C)C)CC(C)C. The van der Waals surface area contributed by atoms with Crippen LogP contribution in [0.15, 0.2) is 0 Å². The summed E-state index contributed by atoms with van der Waals surface area (Å²) < 4.78 is 6.81. The number of aryl methyl sites for hydroxylation is 2. The second-order valence-corrected chi connectivity index (χ2v) is 8.19. The van der Waals surface area contributed by atoms with E-state index in [2.05, 4.69) is 42.8 Å². The van der Waals surface area contributed by atoms with Gasteiger partial charge in [0.15, 0.2) is 6.61 Å². The highest BCUT2D eigenvalue weighted by atomic mass is 16.5. The van der Waals surface area contributed by atoms with Crippen LogP contribution in [0.4, 0.5) is 5.95 Å². The third-order valence-electron chi connectivity index (χ3n) is 4.52. The number of nitrogens with zero attached hydrogens (tertiary/aromatic N) is 5. The summed E-state index contributed by atoms with van der Waals surface area (Å²) >= 11 is 0. The van der Waals surface area contributed by atoms with Crippen molar-refractivity contribution in [2.45, 2.75) is 54.4 Å². The molecule has 0 unspecified atom stereocenters. The molecule has 29 heavy (non-hydrogen) atoms. The average Bonchev–Trinajstić information content (AvgIpc) is 2.98. The monoisotopic (exact) mass is 404 g/mol. The van der Waals surface area contributed by atoms with Gasteiger partial charge in [-0.2, -0.15) is 9.50 Å². The number of nitrogen functional groups attached to an aromatic ring is 1. The number of anilines is 1. The Labute approximate surface area is 171 Å². The number of aromatic nitrogens is 4. The molecule has 0 aliphatic rings. The van der Waals surface area contributed by atoms with E-state index in [1.54, 1.807) is 9.42 Å². The molecule has 0 saturated heterocycles. The summed E-state index contributed by atoms with van der Waals surface area (Å²) in [5, 5.41) is 4.12. The summed E-state index contributed by atoms with van der Waals surface area (Å²) in [5.74, 6) is 0.728. The highest BCUT2D eigenvalue weighted by molar-refractivity contribution is 5.80. The van der Waals surface area contributed by atoms with Crippen molar-refractivity contribution >= 4 is 23.6 Å². The lowest BCUT2D eigenvalue weighted by atomic mass is 10.1. The highest BCUT2D eigenvalue weighted by Gasteiger charge is 2.19. The number of carbonyl (C=O) groups excluding carboxylic acids is 2. The molecule has 1 amide bonds. The van der Waals surface area contributed by atoms with Gasteiger partial charge in [-0.1, -0.05) is 27.7 Å². The molecule has 0 fully saturated rings. The van der Waals surface area contributed by atoms with Crippen LogP contribution < -0.4 is 5.73 Å². The maximum atomic E-state index is 12.5. The van der Waals surface area contributed by atoms with Gasteiger partial charge in [0.2, 0.25) is 5.95 Å². The molecule has 0 aliphatic carbocycles. The van der Waals surface area contributed by atoms with Crippen LogP contribution in [0, 0.1) is 25.7 Å². The van der Waals surface area contributed by atoms with Crippen LogP contribution in [0.3, 0.4) is 0 Å². The van der Waals surface area contributed by atoms with Gasteiger partial charge < -0.3 is 15.4 Å². The Morgan fingerprint density at radius 2 is 1.72 bits per heavy atom. The molecule has 2 aromatic heterocycles. The third kappa shape index (κ3) is 6.13. The molecule has 2 rings (SSSR count). The summed E-state index contributed by atoms with van der Waals surface area (Å²) in [4.78, 5) is 34.9. The van der Waals surface area contributed by atoms with Gasteiger partial charge in [-0.15, -0.1) is 5.10 Å². The Bertz CT molecular complexity index is 865. The summed E-state index contributed by atoms with van der Waals surface area (Å²) in [6, 6.07) is 0. The maximum absolute atomic E-state index is 12.5. The summed E-state index contributed by atoms with van der Waals surface area (Å²) in [7, 11) is 0.